The van der Waals surface area contributed by atoms with Crippen LogP contribution in [0.5, 0.6) is 0 Å². The molecular formula is C12H8F3NO2S. The molecule has 0 bridgehead atoms. The van der Waals surface area contributed by atoms with Crippen molar-refractivity contribution < 1.29 is 22.7 Å². The molecule has 0 unspecified atom stereocenters. The largest absolute Gasteiger partial charge is 0.416 e. The average molecular weight is 287 g/mol. The molecule has 0 fully saturated rings. The molecular weight excluding hydrogens is 279 g/mol. The van der Waals surface area contributed by atoms with Crippen LogP contribution in [0.4, 0.5) is 18.0 Å². The van der Waals surface area contributed by atoms with Gasteiger partial charge in [-0.25, -0.2) is 4.79 Å². The third kappa shape index (κ3) is 4.34. The van der Waals surface area contributed by atoms with Crippen molar-refractivity contribution in [3.8, 4) is 6.07 Å². The molecule has 0 saturated heterocycles. The third-order valence-corrected chi connectivity index (χ3v) is 2.44. The number of benzene rings is 1. The number of nitrogens with zero attached hydrogens (tertiary/aromatic N) is 1. The molecule has 100 valence electrons. The fourth-order valence-corrected chi connectivity index (χ4v) is 1.41. The number of carbonyl (C=O) groups is 1. The van der Waals surface area contributed by atoms with Crippen LogP contribution in [0.15, 0.2) is 30.0 Å². The smallest absolute Gasteiger partial charge is 0.407 e. The zero-order valence-corrected chi connectivity index (χ0v) is 10.5. The van der Waals surface area contributed by atoms with Gasteiger partial charge in [-0.2, -0.15) is 18.4 Å². The minimum absolute atomic E-state index is 0.236. The van der Waals surface area contributed by atoms with E-state index in [9.17, 15) is 18.0 Å². The first-order chi connectivity index (χ1) is 8.88. The maximum atomic E-state index is 12.7. The molecule has 3 nitrogen and oxygen atoms in total. The van der Waals surface area contributed by atoms with Crippen molar-refractivity contribution >= 4 is 23.1 Å². The highest BCUT2D eigenvalue weighted by molar-refractivity contribution is 8.12. The SMILES string of the molecule is CSC(=O)OC(C#N)=Cc1ccccc1C(F)(F)F. The van der Waals surface area contributed by atoms with Crippen molar-refractivity contribution in [2.75, 3.05) is 6.26 Å². The quantitative estimate of drug-likeness (QED) is 0.467. The van der Waals surface area contributed by atoms with Crippen LogP contribution < -0.4 is 0 Å². The van der Waals surface area contributed by atoms with Crippen LogP contribution in [0.3, 0.4) is 0 Å². The zero-order chi connectivity index (χ0) is 14.5. The summed E-state index contributed by atoms with van der Waals surface area (Å²) >= 11 is 0.713. The van der Waals surface area contributed by atoms with Crippen LogP contribution in [-0.2, 0) is 10.9 Å². The van der Waals surface area contributed by atoms with Crippen LogP contribution in [0.2, 0.25) is 0 Å². The first-order valence-electron chi connectivity index (χ1n) is 4.92. The number of hydrogen-bond donors (Lipinski definition) is 0. The lowest BCUT2D eigenvalue weighted by atomic mass is 10.1. The van der Waals surface area contributed by atoms with E-state index in [1.54, 1.807) is 0 Å². The molecule has 1 aromatic rings. The van der Waals surface area contributed by atoms with Crippen LogP contribution in [0.25, 0.3) is 6.08 Å². The Morgan fingerprint density at radius 3 is 2.58 bits per heavy atom. The molecule has 0 aliphatic rings. The second-order valence-corrected chi connectivity index (χ2v) is 4.00. The summed E-state index contributed by atoms with van der Waals surface area (Å²) in [6.07, 6.45) is -2.23. The van der Waals surface area contributed by atoms with Crippen LogP contribution in [-0.4, -0.2) is 11.6 Å². The molecule has 0 aliphatic heterocycles. The van der Waals surface area contributed by atoms with E-state index in [1.807, 2.05) is 0 Å². The molecule has 0 radical (unpaired) electrons. The Bertz CT molecular complexity index is 547. The Morgan fingerprint density at radius 1 is 1.42 bits per heavy atom. The number of ether oxygens (including phenoxy) is 1. The molecule has 0 atom stereocenters. The highest BCUT2D eigenvalue weighted by atomic mass is 32.2. The van der Waals surface area contributed by atoms with Crippen molar-refractivity contribution in [1.82, 2.24) is 0 Å². The molecule has 0 aliphatic carbocycles. The second-order valence-electron chi connectivity index (χ2n) is 3.26. The number of nitriles is 1. The normalized spacial score (nSPS) is 11.8. The minimum Gasteiger partial charge on any atom is -0.407 e. The van der Waals surface area contributed by atoms with Gasteiger partial charge in [-0.1, -0.05) is 18.2 Å². The molecule has 0 amide bonds. The van der Waals surface area contributed by atoms with E-state index in [2.05, 4.69) is 4.74 Å². The van der Waals surface area contributed by atoms with Gasteiger partial charge < -0.3 is 4.74 Å². The van der Waals surface area contributed by atoms with E-state index >= 15 is 0 Å². The van der Waals surface area contributed by atoms with Crippen molar-refractivity contribution in [2.45, 2.75) is 6.18 Å². The monoisotopic (exact) mass is 287 g/mol. The summed E-state index contributed by atoms with van der Waals surface area (Å²) in [7, 11) is 0. The highest BCUT2D eigenvalue weighted by Gasteiger charge is 2.32. The number of rotatable bonds is 2. The summed E-state index contributed by atoms with van der Waals surface area (Å²) < 4.78 is 42.7. The molecule has 7 heteroatoms. The number of carbonyl (C=O) groups excluding carboxylic acids is 1. The average Bonchev–Trinajstić information content (AvgIpc) is 2.37. The Kier molecular flexibility index (Phi) is 5.01. The summed E-state index contributed by atoms with van der Waals surface area (Å²) in [4.78, 5) is 11.0. The second kappa shape index (κ2) is 6.29. The molecule has 0 heterocycles. The lowest BCUT2D eigenvalue weighted by molar-refractivity contribution is -0.137. The van der Waals surface area contributed by atoms with E-state index in [0.29, 0.717) is 11.8 Å². The maximum absolute atomic E-state index is 12.7. The highest BCUT2D eigenvalue weighted by Crippen LogP contribution is 2.32. The lowest BCUT2D eigenvalue weighted by Crippen LogP contribution is -2.07. The van der Waals surface area contributed by atoms with Crippen LogP contribution >= 0.6 is 11.8 Å². The van der Waals surface area contributed by atoms with E-state index in [0.717, 1.165) is 12.1 Å². The van der Waals surface area contributed by atoms with E-state index in [1.165, 1.54) is 30.5 Å². The predicted octanol–water partition coefficient (Wildman–Crippen LogP) is 4.07. The number of thioether (sulfide) groups is 1. The van der Waals surface area contributed by atoms with Gasteiger partial charge in [0.1, 0.15) is 6.07 Å². The van der Waals surface area contributed by atoms with E-state index < -0.39 is 22.8 Å². The van der Waals surface area contributed by atoms with Gasteiger partial charge in [-0.15, -0.1) is 0 Å². The van der Waals surface area contributed by atoms with Gasteiger partial charge in [0.25, 0.3) is 0 Å². The van der Waals surface area contributed by atoms with Crippen LogP contribution in [0.1, 0.15) is 11.1 Å². The number of allylic oxidation sites excluding steroid dienone is 1. The first-order valence-corrected chi connectivity index (χ1v) is 6.14. The third-order valence-electron chi connectivity index (χ3n) is 2.02. The first kappa shape index (κ1) is 15.1. The fourth-order valence-electron chi connectivity index (χ4n) is 1.24. The van der Waals surface area contributed by atoms with Crippen LogP contribution in [0, 0.1) is 11.3 Å². The molecule has 0 N–H and O–H groups in total. The molecule has 0 spiro atoms. The van der Waals surface area contributed by atoms with Gasteiger partial charge in [0, 0.05) is 0 Å². The molecule has 19 heavy (non-hydrogen) atoms. The zero-order valence-electron chi connectivity index (χ0n) is 9.69. The van der Waals surface area contributed by atoms with Gasteiger partial charge in [0.15, 0.2) is 0 Å². The van der Waals surface area contributed by atoms with Crippen molar-refractivity contribution in [1.29, 1.82) is 5.26 Å². The number of alkyl halides is 3. The van der Waals surface area contributed by atoms with Crippen molar-refractivity contribution in [2.24, 2.45) is 0 Å². The van der Waals surface area contributed by atoms with Crippen molar-refractivity contribution in [3.63, 3.8) is 0 Å². The summed E-state index contributed by atoms with van der Waals surface area (Å²) in [5, 5.41) is 7.97. The van der Waals surface area contributed by atoms with Gasteiger partial charge >= 0.3 is 11.5 Å². The Hall–Kier alpha value is -1.94. The van der Waals surface area contributed by atoms with Gasteiger partial charge in [0.2, 0.25) is 5.76 Å². The maximum Gasteiger partial charge on any atom is 0.416 e. The van der Waals surface area contributed by atoms with Gasteiger partial charge in [0.05, 0.1) is 5.56 Å². The minimum atomic E-state index is -4.54. The van der Waals surface area contributed by atoms with Gasteiger partial charge in [-0.05, 0) is 35.7 Å². The summed E-state index contributed by atoms with van der Waals surface area (Å²) in [5.74, 6) is -0.490. The summed E-state index contributed by atoms with van der Waals surface area (Å²) in [6, 6.07) is 6.24. The van der Waals surface area contributed by atoms with Gasteiger partial charge in [-0.3, -0.25) is 0 Å². The molecule has 1 rings (SSSR count). The fraction of sp³-hybridized carbons (Fsp3) is 0.167. The van der Waals surface area contributed by atoms with E-state index in [4.69, 9.17) is 5.26 Å². The predicted molar refractivity (Wildman–Crippen MR) is 65.0 cm³/mol. The lowest BCUT2D eigenvalue weighted by Gasteiger charge is -2.10. The van der Waals surface area contributed by atoms with E-state index in [-0.39, 0.29) is 5.56 Å². The topological polar surface area (TPSA) is 50.1 Å². The Labute approximate surface area is 111 Å². The number of halogens is 3. The summed E-state index contributed by atoms with van der Waals surface area (Å²) in [5.41, 5.74) is -1.14. The Morgan fingerprint density at radius 2 is 2.05 bits per heavy atom. The molecule has 0 saturated carbocycles. The summed E-state index contributed by atoms with van der Waals surface area (Å²) in [6.45, 7) is 0. The molecule has 0 aromatic heterocycles. The number of hydrogen-bond acceptors (Lipinski definition) is 4. The molecule has 1 aromatic carbocycles. The van der Waals surface area contributed by atoms with Crippen molar-refractivity contribution in [3.05, 3.63) is 41.2 Å². The Balaban J connectivity index is 3.16. The standard InChI is InChI=1S/C12H8F3NO2S/c1-19-11(17)18-9(7-16)6-8-4-2-3-5-10(8)12(13,14)15/h2-6H,1H3.